The second-order valence-corrected chi connectivity index (χ2v) is 2.43. The van der Waals surface area contributed by atoms with E-state index in [9.17, 15) is 4.79 Å². The first-order chi connectivity index (χ1) is 6.33. The average Bonchev–Trinajstić information content (AvgIpc) is 2.22. The van der Waals surface area contributed by atoms with Crippen LogP contribution in [0.2, 0.25) is 0 Å². The van der Waals surface area contributed by atoms with E-state index in [1.54, 1.807) is 0 Å². The fourth-order valence-electron chi connectivity index (χ4n) is 0.338. The minimum Gasteiger partial charge on any atom is -0.359 e. The van der Waals surface area contributed by atoms with Gasteiger partial charge in [0.2, 0.25) is 6.41 Å². The molecule has 0 aromatic carbocycles. The molecule has 1 N–H and O–H groups in total. The molecule has 0 heterocycles. The maximum absolute atomic E-state index is 9.57. The van der Waals surface area contributed by atoms with E-state index in [0.717, 1.165) is 25.8 Å². The summed E-state index contributed by atoms with van der Waals surface area (Å²) in [6, 6.07) is 0. The molecule has 0 aliphatic heterocycles. The molecule has 13 heavy (non-hydrogen) atoms. The Balaban J connectivity index is -0.000000142. The molecule has 0 aromatic rings. The maximum atomic E-state index is 9.57. The zero-order valence-corrected chi connectivity index (χ0v) is 10.0. The van der Waals surface area contributed by atoms with Crippen LogP contribution in [0, 0.1) is 0 Å². The molecule has 0 saturated carbocycles. The molecule has 0 aliphatic rings. The van der Waals surface area contributed by atoms with Gasteiger partial charge >= 0.3 is 0 Å². The van der Waals surface area contributed by atoms with Gasteiger partial charge in [-0.05, 0) is 6.42 Å². The molecular weight excluding hydrogens is 162 g/mol. The molecule has 0 spiro atoms. The number of hydrogen-bond acceptors (Lipinski definition) is 1. The van der Waals surface area contributed by atoms with Crippen LogP contribution in [0.25, 0.3) is 0 Å². The van der Waals surface area contributed by atoms with Crippen molar-refractivity contribution in [2.75, 3.05) is 6.54 Å². The normalized spacial score (nSPS) is 7.15. The number of nitrogens with one attached hydrogen (secondary N) is 1. The highest BCUT2D eigenvalue weighted by molar-refractivity contribution is 5.45. The van der Waals surface area contributed by atoms with Crippen LogP contribution in [0.4, 0.5) is 0 Å². The van der Waals surface area contributed by atoms with Gasteiger partial charge in [0.25, 0.3) is 0 Å². The van der Waals surface area contributed by atoms with Crippen LogP contribution in [0.3, 0.4) is 0 Å². The number of carbonyl (C=O) groups is 1. The number of unbranched alkanes of at least 4 members (excludes halogenated alkanes) is 2. The van der Waals surface area contributed by atoms with Crippen LogP contribution < -0.4 is 5.32 Å². The van der Waals surface area contributed by atoms with E-state index >= 15 is 0 Å². The Morgan fingerprint density at radius 1 is 1.00 bits per heavy atom. The minimum atomic E-state index is 0.732. The fraction of sp³-hybridized carbons (Fsp3) is 0.909. The topological polar surface area (TPSA) is 29.1 Å². The van der Waals surface area contributed by atoms with Gasteiger partial charge < -0.3 is 5.32 Å². The van der Waals surface area contributed by atoms with Crippen molar-refractivity contribution in [3.63, 3.8) is 0 Å². The van der Waals surface area contributed by atoms with Gasteiger partial charge in [0.15, 0.2) is 0 Å². The minimum absolute atomic E-state index is 0.732. The van der Waals surface area contributed by atoms with Crippen molar-refractivity contribution in [3.8, 4) is 0 Å². The lowest BCUT2D eigenvalue weighted by atomic mass is 10.3. The largest absolute Gasteiger partial charge is 0.359 e. The second kappa shape index (κ2) is 30.0. The van der Waals surface area contributed by atoms with E-state index < -0.39 is 0 Å². The molecule has 82 valence electrons. The Kier molecular flexibility index (Phi) is 42.3. The third-order valence-corrected chi connectivity index (χ3v) is 1.26. The van der Waals surface area contributed by atoms with Crippen molar-refractivity contribution < 1.29 is 4.79 Å². The summed E-state index contributed by atoms with van der Waals surface area (Å²) in [5.74, 6) is 0. The number of amides is 1. The first kappa shape index (κ1) is 18.3. The van der Waals surface area contributed by atoms with Crippen molar-refractivity contribution in [1.29, 1.82) is 0 Å². The highest BCUT2D eigenvalue weighted by atomic mass is 16.1. The third-order valence-electron chi connectivity index (χ3n) is 1.26. The number of hydrogen-bond donors (Lipinski definition) is 1. The van der Waals surface area contributed by atoms with Crippen LogP contribution in [-0.4, -0.2) is 13.0 Å². The first-order valence-electron chi connectivity index (χ1n) is 5.50. The van der Waals surface area contributed by atoms with E-state index in [2.05, 4.69) is 26.1 Å². The molecule has 1 amide bonds. The summed E-state index contributed by atoms with van der Waals surface area (Å²) in [4.78, 5) is 9.57. The van der Waals surface area contributed by atoms with Crippen LogP contribution >= 0.6 is 0 Å². The Labute approximate surface area is 84.1 Å². The van der Waals surface area contributed by atoms with Gasteiger partial charge in [0.1, 0.15) is 0 Å². The van der Waals surface area contributed by atoms with Gasteiger partial charge in [-0.15, -0.1) is 0 Å². The second-order valence-electron chi connectivity index (χ2n) is 2.43. The quantitative estimate of drug-likeness (QED) is 0.521. The molecule has 0 atom stereocenters. The van der Waals surface area contributed by atoms with Crippen molar-refractivity contribution in [3.05, 3.63) is 0 Å². The molecule has 0 saturated heterocycles. The van der Waals surface area contributed by atoms with Crippen molar-refractivity contribution in [2.45, 2.75) is 60.3 Å². The van der Waals surface area contributed by atoms with Crippen LogP contribution in [0.15, 0.2) is 0 Å². The van der Waals surface area contributed by atoms with Crippen molar-refractivity contribution in [2.24, 2.45) is 0 Å². The van der Waals surface area contributed by atoms with Gasteiger partial charge in [0, 0.05) is 6.54 Å². The van der Waals surface area contributed by atoms with E-state index in [-0.39, 0.29) is 0 Å². The Hall–Kier alpha value is -0.530. The molecular formula is C11H27NO. The summed E-state index contributed by atoms with van der Waals surface area (Å²) in [5.41, 5.74) is 0. The van der Waals surface area contributed by atoms with Crippen molar-refractivity contribution >= 4 is 6.41 Å². The summed E-state index contributed by atoms with van der Waals surface area (Å²) in [6.45, 7) is 11.3. The zero-order chi connectivity index (χ0) is 10.9. The smallest absolute Gasteiger partial charge is 0.207 e. The lowest BCUT2D eigenvalue weighted by molar-refractivity contribution is -0.109. The summed E-state index contributed by atoms with van der Waals surface area (Å²) < 4.78 is 0. The molecule has 0 fully saturated rings. The van der Waals surface area contributed by atoms with E-state index in [0.29, 0.717) is 0 Å². The summed E-state index contributed by atoms with van der Waals surface area (Å²) in [7, 11) is 0. The first-order valence-corrected chi connectivity index (χ1v) is 5.50. The van der Waals surface area contributed by atoms with E-state index in [4.69, 9.17) is 0 Å². The Morgan fingerprint density at radius 3 is 1.69 bits per heavy atom. The summed E-state index contributed by atoms with van der Waals surface area (Å²) in [5, 5.41) is 2.57. The molecule has 2 nitrogen and oxygen atoms in total. The molecule has 0 aromatic heterocycles. The standard InChI is InChI=1S/C5H11NO.C4H10.C2H6/c1-2-3-4-6-5-7;1-3-4-2;1-2/h5H,2-4H2,1H3,(H,6,7);3-4H2,1-2H3;1-2H3. The fourth-order valence-corrected chi connectivity index (χ4v) is 0.338. The summed E-state index contributed by atoms with van der Waals surface area (Å²) >= 11 is 0. The van der Waals surface area contributed by atoms with Crippen LogP contribution in [-0.2, 0) is 4.79 Å². The predicted molar refractivity (Wildman–Crippen MR) is 60.9 cm³/mol. The van der Waals surface area contributed by atoms with E-state index in [1.165, 1.54) is 12.8 Å². The number of rotatable bonds is 5. The molecule has 0 aliphatic carbocycles. The molecule has 2 heteroatoms. The molecule has 0 rings (SSSR count). The predicted octanol–water partition coefficient (Wildman–Crippen LogP) is 3.37. The lowest BCUT2D eigenvalue weighted by Crippen LogP contribution is -2.11. The average molecular weight is 189 g/mol. The monoisotopic (exact) mass is 189 g/mol. The molecule has 0 bridgehead atoms. The lowest BCUT2D eigenvalue weighted by Gasteiger charge is -1.90. The third kappa shape index (κ3) is 51.5. The zero-order valence-electron chi connectivity index (χ0n) is 10.0. The molecule has 0 radical (unpaired) electrons. The van der Waals surface area contributed by atoms with Crippen molar-refractivity contribution in [1.82, 2.24) is 5.32 Å². The highest BCUT2D eigenvalue weighted by Gasteiger charge is 1.76. The SMILES string of the molecule is CC.CCCC.CCCCNC=O. The Morgan fingerprint density at radius 2 is 1.46 bits per heavy atom. The summed E-state index contributed by atoms with van der Waals surface area (Å²) in [6.07, 6.45) is 5.59. The van der Waals surface area contributed by atoms with Crippen LogP contribution in [0.1, 0.15) is 60.3 Å². The van der Waals surface area contributed by atoms with Gasteiger partial charge in [-0.3, -0.25) is 4.79 Å². The van der Waals surface area contributed by atoms with Gasteiger partial charge in [0.05, 0.1) is 0 Å². The van der Waals surface area contributed by atoms with Gasteiger partial charge in [-0.25, -0.2) is 0 Å². The van der Waals surface area contributed by atoms with E-state index in [1.807, 2.05) is 13.8 Å². The Bertz CT molecular complexity index is 63.1. The van der Waals surface area contributed by atoms with Gasteiger partial charge in [-0.2, -0.15) is 0 Å². The van der Waals surface area contributed by atoms with Crippen LogP contribution in [0.5, 0.6) is 0 Å². The number of carbonyl (C=O) groups excluding carboxylic acids is 1. The molecule has 0 unspecified atom stereocenters. The van der Waals surface area contributed by atoms with Gasteiger partial charge in [-0.1, -0.05) is 53.9 Å². The highest BCUT2D eigenvalue weighted by Crippen LogP contribution is 1.79. The maximum Gasteiger partial charge on any atom is 0.207 e.